The summed E-state index contributed by atoms with van der Waals surface area (Å²) in [4.78, 5) is 14.7. The third kappa shape index (κ3) is 1.26. The van der Waals surface area contributed by atoms with Gasteiger partial charge < -0.3 is 9.84 Å². The van der Waals surface area contributed by atoms with Crippen LogP contribution < -0.4 is 10.6 Å². The second-order valence-corrected chi connectivity index (χ2v) is 2.58. The zero-order valence-corrected chi connectivity index (χ0v) is 6.73. The smallest absolute Gasteiger partial charge is 0.371 e. The van der Waals surface area contributed by atoms with Crippen molar-refractivity contribution in [2.45, 2.75) is 0 Å². The number of ether oxygens (including phenoxy) is 1. The summed E-state index contributed by atoms with van der Waals surface area (Å²) in [6.45, 7) is 0.0820. The summed E-state index contributed by atoms with van der Waals surface area (Å²) in [5, 5.41) is 10.00. The Morgan fingerprint density at radius 2 is 2.23 bits per heavy atom. The van der Waals surface area contributed by atoms with Crippen molar-refractivity contribution in [3.63, 3.8) is 0 Å². The van der Waals surface area contributed by atoms with Crippen LogP contribution >= 0.6 is 0 Å². The standard InChI is InChI=1S/C9H7NO3/c11-9(12)8-6-3-1-2-4-7(6)10-5-13-8/h1-4H,5H2,(H,11,12). The summed E-state index contributed by atoms with van der Waals surface area (Å²) in [5.74, 6) is -1.08. The van der Waals surface area contributed by atoms with E-state index in [9.17, 15) is 4.79 Å². The van der Waals surface area contributed by atoms with Gasteiger partial charge in [0.1, 0.15) is 0 Å². The summed E-state index contributed by atoms with van der Waals surface area (Å²) < 4.78 is 4.92. The first-order chi connectivity index (χ1) is 6.29. The molecular formula is C9H7NO3. The predicted molar refractivity (Wildman–Crippen MR) is 44.2 cm³/mol. The van der Waals surface area contributed by atoms with Crippen LogP contribution in [0.2, 0.25) is 0 Å². The first-order valence-electron chi connectivity index (χ1n) is 3.79. The van der Waals surface area contributed by atoms with Gasteiger partial charge in [0.15, 0.2) is 6.73 Å². The lowest BCUT2D eigenvalue weighted by Crippen LogP contribution is -2.34. The van der Waals surface area contributed by atoms with Crippen LogP contribution in [0.25, 0.3) is 5.76 Å². The van der Waals surface area contributed by atoms with Crippen molar-refractivity contribution in [2.75, 3.05) is 6.73 Å². The zero-order chi connectivity index (χ0) is 9.26. The van der Waals surface area contributed by atoms with E-state index in [1.54, 1.807) is 18.2 Å². The molecular weight excluding hydrogens is 170 g/mol. The molecule has 0 bridgehead atoms. The number of fused-ring (bicyclic) bond motifs is 1. The molecule has 1 aliphatic rings. The number of benzene rings is 1. The third-order valence-corrected chi connectivity index (χ3v) is 1.79. The van der Waals surface area contributed by atoms with E-state index in [0.717, 1.165) is 0 Å². The minimum absolute atomic E-state index is 0.0226. The fourth-order valence-electron chi connectivity index (χ4n) is 1.22. The molecule has 0 aromatic heterocycles. The van der Waals surface area contributed by atoms with Crippen LogP contribution in [0.5, 0.6) is 0 Å². The Balaban J connectivity index is 2.83. The lowest BCUT2D eigenvalue weighted by Gasteiger charge is -2.07. The number of aliphatic carboxylic acids is 1. The van der Waals surface area contributed by atoms with Gasteiger partial charge in [-0.2, -0.15) is 0 Å². The molecule has 4 heteroatoms. The van der Waals surface area contributed by atoms with Crippen molar-refractivity contribution in [3.8, 4) is 0 Å². The molecule has 4 nitrogen and oxygen atoms in total. The Kier molecular flexibility index (Phi) is 1.73. The average molecular weight is 177 g/mol. The van der Waals surface area contributed by atoms with Crippen LogP contribution in [0.1, 0.15) is 0 Å². The minimum Gasteiger partial charge on any atom is -0.475 e. The van der Waals surface area contributed by atoms with Crippen LogP contribution in [0.15, 0.2) is 29.3 Å². The molecule has 0 atom stereocenters. The van der Waals surface area contributed by atoms with E-state index in [1.165, 1.54) is 0 Å². The number of carboxylic acids is 1. The maximum Gasteiger partial charge on any atom is 0.371 e. The normalized spacial score (nSPS) is 14.0. The van der Waals surface area contributed by atoms with E-state index < -0.39 is 5.97 Å². The van der Waals surface area contributed by atoms with Gasteiger partial charge in [-0.05, 0) is 12.1 Å². The predicted octanol–water partition coefficient (Wildman–Crippen LogP) is -0.513. The fraction of sp³-hybridized carbons (Fsp3) is 0.111. The molecule has 66 valence electrons. The van der Waals surface area contributed by atoms with Crippen molar-refractivity contribution in [3.05, 3.63) is 34.8 Å². The Morgan fingerprint density at radius 1 is 1.46 bits per heavy atom. The number of carbonyl (C=O) groups is 1. The summed E-state index contributed by atoms with van der Waals surface area (Å²) in [5.41, 5.74) is 0. The molecule has 0 amide bonds. The molecule has 0 saturated carbocycles. The van der Waals surface area contributed by atoms with Crippen molar-refractivity contribution in [2.24, 2.45) is 4.99 Å². The van der Waals surface area contributed by atoms with Gasteiger partial charge in [-0.1, -0.05) is 12.1 Å². The van der Waals surface area contributed by atoms with Gasteiger partial charge in [-0.15, -0.1) is 0 Å². The Labute approximate surface area is 73.8 Å². The highest BCUT2D eigenvalue weighted by atomic mass is 16.5. The first kappa shape index (κ1) is 7.79. The lowest BCUT2D eigenvalue weighted by atomic mass is 10.2. The van der Waals surface area contributed by atoms with E-state index in [1.807, 2.05) is 6.07 Å². The molecule has 13 heavy (non-hydrogen) atoms. The molecule has 1 heterocycles. The number of para-hydroxylation sites is 1. The van der Waals surface area contributed by atoms with Gasteiger partial charge in [0, 0.05) is 5.22 Å². The van der Waals surface area contributed by atoms with Crippen LogP contribution in [-0.2, 0) is 9.53 Å². The maximum absolute atomic E-state index is 10.7. The molecule has 0 unspecified atom stereocenters. The van der Waals surface area contributed by atoms with E-state index in [0.29, 0.717) is 10.6 Å². The third-order valence-electron chi connectivity index (χ3n) is 1.79. The SMILES string of the molecule is O=C(O)C1=c2ccccc2=NCO1. The highest BCUT2D eigenvalue weighted by Gasteiger charge is 2.12. The van der Waals surface area contributed by atoms with Crippen molar-refractivity contribution >= 4 is 11.7 Å². The van der Waals surface area contributed by atoms with Gasteiger partial charge in [-0.3, -0.25) is 0 Å². The maximum atomic E-state index is 10.7. The lowest BCUT2D eigenvalue weighted by molar-refractivity contribution is -0.133. The number of hydrogen-bond donors (Lipinski definition) is 1. The van der Waals surface area contributed by atoms with Crippen LogP contribution in [0, 0.1) is 0 Å². The number of hydrogen-bond acceptors (Lipinski definition) is 3. The summed E-state index contributed by atoms with van der Waals surface area (Å²) in [6, 6.07) is 7.02. The van der Waals surface area contributed by atoms with E-state index in [2.05, 4.69) is 4.99 Å². The highest BCUT2D eigenvalue weighted by molar-refractivity contribution is 6.05. The summed E-state index contributed by atoms with van der Waals surface area (Å²) >= 11 is 0. The van der Waals surface area contributed by atoms with E-state index >= 15 is 0 Å². The molecule has 1 aromatic rings. The zero-order valence-electron chi connectivity index (χ0n) is 6.73. The minimum atomic E-state index is -1.05. The second-order valence-electron chi connectivity index (χ2n) is 2.58. The molecule has 0 spiro atoms. The fourth-order valence-corrected chi connectivity index (χ4v) is 1.22. The van der Waals surface area contributed by atoms with Crippen molar-refractivity contribution in [1.29, 1.82) is 0 Å². The molecule has 0 radical (unpaired) electrons. The highest BCUT2D eigenvalue weighted by Crippen LogP contribution is 1.97. The monoisotopic (exact) mass is 177 g/mol. The largest absolute Gasteiger partial charge is 0.475 e. The topological polar surface area (TPSA) is 58.9 Å². The van der Waals surface area contributed by atoms with Gasteiger partial charge >= 0.3 is 5.97 Å². The Bertz CT molecular complexity index is 464. The van der Waals surface area contributed by atoms with E-state index in [-0.39, 0.29) is 12.5 Å². The van der Waals surface area contributed by atoms with Crippen molar-refractivity contribution < 1.29 is 14.6 Å². The van der Waals surface area contributed by atoms with Crippen molar-refractivity contribution in [1.82, 2.24) is 0 Å². The number of carboxylic acid groups (broad SMARTS) is 1. The van der Waals surface area contributed by atoms with Crippen LogP contribution in [0.3, 0.4) is 0 Å². The van der Waals surface area contributed by atoms with Gasteiger partial charge in [0.25, 0.3) is 0 Å². The molecule has 0 fully saturated rings. The first-order valence-corrected chi connectivity index (χ1v) is 3.79. The van der Waals surface area contributed by atoms with Gasteiger partial charge in [0.05, 0.1) is 5.36 Å². The Hall–Kier alpha value is -1.84. The molecule has 0 aliphatic carbocycles. The molecule has 1 N–H and O–H groups in total. The summed E-state index contributed by atoms with van der Waals surface area (Å²) in [6.07, 6.45) is 0. The number of rotatable bonds is 1. The molecule has 2 rings (SSSR count). The second kappa shape index (κ2) is 2.90. The van der Waals surface area contributed by atoms with Crippen LogP contribution in [0.4, 0.5) is 0 Å². The summed E-state index contributed by atoms with van der Waals surface area (Å²) in [7, 11) is 0. The van der Waals surface area contributed by atoms with Crippen LogP contribution in [-0.4, -0.2) is 17.8 Å². The van der Waals surface area contributed by atoms with E-state index in [4.69, 9.17) is 9.84 Å². The Morgan fingerprint density at radius 3 is 3.00 bits per heavy atom. The van der Waals surface area contributed by atoms with Gasteiger partial charge in [-0.25, -0.2) is 9.79 Å². The quantitative estimate of drug-likeness (QED) is 0.628. The number of nitrogens with zero attached hydrogens (tertiary/aromatic N) is 1. The molecule has 1 aliphatic heterocycles. The molecule has 1 aromatic carbocycles. The molecule has 0 saturated heterocycles. The van der Waals surface area contributed by atoms with Gasteiger partial charge in [0.2, 0.25) is 5.76 Å². The average Bonchev–Trinajstić information content (AvgIpc) is 2.17.